The standard InChI is InChI=1S/C19H22O4.C15H16O2/c1-3-23-18(22)12-13-19(2,14-4-8-16(20)9-5-14)15-6-10-17(21)11-7-15;1-15(2,11-3-7-13(16)8-4-11)12-5-9-14(17)10-6-12/h4-11,20-21H,3,12-13H2,1-2H3;3-10,16-17H,1-2H3. The van der Waals surface area contributed by atoms with Crippen molar-refractivity contribution in [1.29, 1.82) is 0 Å². The van der Waals surface area contributed by atoms with Gasteiger partial charge in [0.15, 0.2) is 0 Å². The number of carbonyl (C=O) groups excluding carboxylic acids is 1. The minimum absolute atomic E-state index is 0.151. The van der Waals surface area contributed by atoms with E-state index >= 15 is 0 Å². The Morgan fingerprint density at radius 1 is 0.575 bits per heavy atom. The second kappa shape index (κ2) is 13.1. The van der Waals surface area contributed by atoms with Crippen molar-refractivity contribution in [1.82, 2.24) is 0 Å². The first-order valence-corrected chi connectivity index (χ1v) is 13.3. The highest BCUT2D eigenvalue weighted by atomic mass is 16.5. The van der Waals surface area contributed by atoms with Crippen LogP contribution >= 0.6 is 0 Å². The van der Waals surface area contributed by atoms with E-state index in [0.717, 1.165) is 22.3 Å². The van der Waals surface area contributed by atoms with Crippen LogP contribution in [0, 0.1) is 0 Å². The lowest BCUT2D eigenvalue weighted by atomic mass is 9.73. The zero-order valence-corrected chi connectivity index (χ0v) is 23.5. The van der Waals surface area contributed by atoms with E-state index in [9.17, 15) is 25.2 Å². The van der Waals surface area contributed by atoms with Crippen molar-refractivity contribution in [2.45, 2.75) is 51.4 Å². The Labute approximate surface area is 236 Å². The summed E-state index contributed by atoms with van der Waals surface area (Å²) in [5, 5.41) is 37.6. The summed E-state index contributed by atoms with van der Waals surface area (Å²) in [5.41, 5.74) is 3.66. The molecule has 40 heavy (non-hydrogen) atoms. The van der Waals surface area contributed by atoms with Crippen molar-refractivity contribution in [2.24, 2.45) is 0 Å². The number of benzene rings is 4. The summed E-state index contributed by atoms with van der Waals surface area (Å²) in [6.07, 6.45) is 0.869. The summed E-state index contributed by atoms with van der Waals surface area (Å²) < 4.78 is 5.03. The molecule has 0 aliphatic rings. The minimum Gasteiger partial charge on any atom is -0.508 e. The summed E-state index contributed by atoms with van der Waals surface area (Å²) >= 11 is 0. The lowest BCUT2D eigenvalue weighted by molar-refractivity contribution is -0.143. The highest BCUT2D eigenvalue weighted by molar-refractivity contribution is 5.69. The van der Waals surface area contributed by atoms with Gasteiger partial charge in [0.05, 0.1) is 6.61 Å². The monoisotopic (exact) mass is 542 g/mol. The van der Waals surface area contributed by atoms with Crippen molar-refractivity contribution < 1.29 is 30.0 Å². The zero-order chi connectivity index (χ0) is 29.3. The molecule has 4 N–H and O–H groups in total. The Morgan fingerprint density at radius 3 is 1.18 bits per heavy atom. The second-order valence-corrected chi connectivity index (χ2v) is 10.4. The van der Waals surface area contributed by atoms with Crippen molar-refractivity contribution in [2.75, 3.05) is 6.61 Å². The Morgan fingerprint density at radius 2 is 0.875 bits per heavy atom. The Kier molecular flexibility index (Phi) is 9.83. The van der Waals surface area contributed by atoms with Crippen molar-refractivity contribution in [3.8, 4) is 23.0 Å². The molecule has 0 aromatic heterocycles. The van der Waals surface area contributed by atoms with Gasteiger partial charge < -0.3 is 25.2 Å². The molecule has 0 aliphatic carbocycles. The van der Waals surface area contributed by atoms with Gasteiger partial charge in [0.25, 0.3) is 0 Å². The Hall–Kier alpha value is -4.45. The molecule has 0 spiro atoms. The molecule has 0 amide bonds. The molecule has 210 valence electrons. The molecule has 0 aliphatic heterocycles. The smallest absolute Gasteiger partial charge is 0.305 e. The van der Waals surface area contributed by atoms with Crippen molar-refractivity contribution in [3.63, 3.8) is 0 Å². The molecular formula is C34H38O6. The number of phenolic OH excluding ortho intramolecular Hbond substituents is 4. The Bertz CT molecular complexity index is 1260. The van der Waals surface area contributed by atoms with Crippen LogP contribution in [0.5, 0.6) is 23.0 Å². The van der Waals surface area contributed by atoms with Gasteiger partial charge in [-0.05, 0) is 84.1 Å². The number of aromatic hydroxyl groups is 4. The highest BCUT2D eigenvalue weighted by Crippen LogP contribution is 2.38. The summed E-state index contributed by atoms with van der Waals surface area (Å²) in [6, 6.07) is 28.4. The first kappa shape index (κ1) is 30.1. The fraction of sp³-hybridized carbons (Fsp3) is 0.265. The molecule has 0 saturated heterocycles. The van der Waals surface area contributed by atoms with Gasteiger partial charge in [-0.25, -0.2) is 0 Å². The maximum atomic E-state index is 11.8. The summed E-state index contributed by atoms with van der Waals surface area (Å²) in [7, 11) is 0. The van der Waals surface area contributed by atoms with Gasteiger partial charge in [-0.15, -0.1) is 0 Å². The number of rotatable bonds is 8. The van der Waals surface area contributed by atoms with Crippen molar-refractivity contribution in [3.05, 3.63) is 119 Å². The van der Waals surface area contributed by atoms with Crippen LogP contribution in [-0.4, -0.2) is 33.0 Å². The van der Waals surface area contributed by atoms with Gasteiger partial charge in [0.1, 0.15) is 23.0 Å². The predicted molar refractivity (Wildman–Crippen MR) is 157 cm³/mol. The maximum absolute atomic E-state index is 11.8. The van der Waals surface area contributed by atoms with Crippen LogP contribution in [0.1, 0.15) is 62.8 Å². The van der Waals surface area contributed by atoms with Crippen LogP contribution < -0.4 is 0 Å². The minimum atomic E-state index is -0.422. The van der Waals surface area contributed by atoms with E-state index in [-0.39, 0.29) is 34.4 Å². The highest BCUT2D eigenvalue weighted by Gasteiger charge is 2.30. The second-order valence-electron chi connectivity index (χ2n) is 10.4. The van der Waals surface area contributed by atoms with Crippen LogP contribution in [0.15, 0.2) is 97.1 Å². The summed E-state index contributed by atoms with van der Waals surface area (Å²) in [5.74, 6) is 0.723. The molecular weight excluding hydrogens is 504 g/mol. The molecule has 0 heterocycles. The van der Waals surface area contributed by atoms with Gasteiger partial charge in [-0.1, -0.05) is 69.3 Å². The predicted octanol–water partition coefficient (Wildman–Crippen LogP) is 7.17. The topological polar surface area (TPSA) is 107 Å². The van der Waals surface area contributed by atoms with Gasteiger partial charge >= 0.3 is 5.97 Å². The van der Waals surface area contributed by atoms with E-state index in [2.05, 4.69) is 13.8 Å². The largest absolute Gasteiger partial charge is 0.508 e. The maximum Gasteiger partial charge on any atom is 0.305 e. The van der Waals surface area contributed by atoms with E-state index < -0.39 is 5.41 Å². The normalized spacial score (nSPS) is 11.3. The average molecular weight is 543 g/mol. The van der Waals surface area contributed by atoms with E-state index in [4.69, 9.17) is 4.74 Å². The SMILES string of the molecule is CC(C)(c1ccc(O)cc1)c1ccc(O)cc1.CCOC(=O)CCC(C)(c1ccc(O)cc1)c1ccc(O)cc1. The molecule has 4 aromatic carbocycles. The summed E-state index contributed by atoms with van der Waals surface area (Å²) in [4.78, 5) is 11.8. The molecule has 4 aromatic rings. The molecule has 0 fully saturated rings. The number of hydrogen-bond acceptors (Lipinski definition) is 6. The summed E-state index contributed by atoms with van der Waals surface area (Å²) in [6.45, 7) is 8.44. The van der Waals surface area contributed by atoms with E-state index in [1.165, 1.54) is 0 Å². The fourth-order valence-corrected chi connectivity index (χ4v) is 4.62. The van der Waals surface area contributed by atoms with Crippen molar-refractivity contribution >= 4 is 5.97 Å². The van der Waals surface area contributed by atoms with Gasteiger partial charge in [0, 0.05) is 17.3 Å². The third kappa shape index (κ3) is 7.56. The molecule has 0 bridgehead atoms. The van der Waals surface area contributed by atoms with Crippen LogP contribution in [0.3, 0.4) is 0 Å². The lowest BCUT2D eigenvalue weighted by Crippen LogP contribution is -2.25. The quantitative estimate of drug-likeness (QED) is 0.176. The molecule has 6 nitrogen and oxygen atoms in total. The van der Waals surface area contributed by atoms with Crippen LogP contribution in [0.2, 0.25) is 0 Å². The molecule has 4 rings (SSSR count). The van der Waals surface area contributed by atoms with Gasteiger partial charge in [-0.2, -0.15) is 0 Å². The third-order valence-electron chi connectivity index (χ3n) is 7.32. The number of carbonyl (C=O) groups is 1. The zero-order valence-electron chi connectivity index (χ0n) is 23.5. The lowest BCUT2D eigenvalue weighted by Gasteiger charge is -2.31. The molecule has 0 unspecified atom stereocenters. The molecule has 0 radical (unpaired) electrons. The number of ether oxygens (including phenoxy) is 1. The number of hydrogen-bond donors (Lipinski definition) is 4. The van der Waals surface area contributed by atoms with Crippen LogP contribution in [0.25, 0.3) is 0 Å². The number of esters is 1. The molecule has 0 saturated carbocycles. The molecule has 6 heteroatoms. The van der Waals surface area contributed by atoms with Crippen LogP contribution in [0.4, 0.5) is 0 Å². The Balaban J connectivity index is 0.000000230. The van der Waals surface area contributed by atoms with Crippen LogP contribution in [-0.2, 0) is 20.4 Å². The first-order valence-electron chi connectivity index (χ1n) is 13.3. The number of phenols is 4. The average Bonchev–Trinajstić information content (AvgIpc) is 2.93. The first-order chi connectivity index (χ1) is 19.0. The van der Waals surface area contributed by atoms with Gasteiger partial charge in [0.2, 0.25) is 0 Å². The fourth-order valence-electron chi connectivity index (χ4n) is 4.62. The third-order valence-corrected chi connectivity index (χ3v) is 7.32. The van der Waals surface area contributed by atoms with E-state index in [1.807, 2.05) is 55.5 Å². The van der Waals surface area contributed by atoms with E-state index in [1.54, 1.807) is 55.5 Å². The van der Waals surface area contributed by atoms with Gasteiger partial charge in [-0.3, -0.25) is 4.79 Å². The molecule has 0 atom stereocenters. The van der Waals surface area contributed by atoms with E-state index in [0.29, 0.717) is 19.4 Å².